The summed E-state index contributed by atoms with van der Waals surface area (Å²) >= 11 is 5.81. The molecule has 0 saturated carbocycles. The third-order valence-electron chi connectivity index (χ3n) is 3.46. The molecular weight excluding hydrogens is 293 g/mol. The third-order valence-corrected chi connectivity index (χ3v) is 3.74. The summed E-state index contributed by atoms with van der Waals surface area (Å²) in [5, 5.41) is -0.0996. The van der Waals surface area contributed by atoms with Gasteiger partial charge in [0, 0.05) is 12.6 Å². The number of hydrogen-bond donors (Lipinski definition) is 0. The van der Waals surface area contributed by atoms with Crippen LogP contribution in [-0.2, 0) is 6.54 Å². The van der Waals surface area contributed by atoms with E-state index in [9.17, 15) is 9.18 Å². The lowest BCUT2D eigenvalue weighted by molar-refractivity contribution is 0.111. The zero-order chi connectivity index (χ0) is 14.8. The topological polar surface area (TPSA) is 29.5 Å². The zero-order valence-electron chi connectivity index (χ0n) is 11.2. The Bertz CT molecular complexity index is 676. The van der Waals surface area contributed by atoms with Crippen molar-refractivity contribution in [1.82, 2.24) is 0 Å². The molecular formula is C16H13ClFNO2. The Morgan fingerprint density at radius 2 is 2.10 bits per heavy atom. The monoisotopic (exact) mass is 305 g/mol. The second-order valence-corrected chi connectivity index (χ2v) is 5.21. The number of fused-ring (bicyclic) bond motifs is 1. The smallest absolute Gasteiger partial charge is 0.155 e. The number of hydrogen-bond acceptors (Lipinski definition) is 3. The average Bonchev–Trinajstić information content (AvgIpc) is 2.50. The van der Waals surface area contributed by atoms with E-state index >= 15 is 0 Å². The van der Waals surface area contributed by atoms with Crippen LogP contribution < -0.4 is 9.64 Å². The molecule has 0 amide bonds. The molecule has 0 radical (unpaired) electrons. The zero-order valence-corrected chi connectivity index (χ0v) is 11.9. The summed E-state index contributed by atoms with van der Waals surface area (Å²) in [6, 6.07) is 11.2. The van der Waals surface area contributed by atoms with Gasteiger partial charge in [-0.15, -0.1) is 0 Å². The van der Waals surface area contributed by atoms with E-state index < -0.39 is 5.82 Å². The maximum atomic E-state index is 14.1. The van der Waals surface area contributed by atoms with Gasteiger partial charge in [-0.3, -0.25) is 4.79 Å². The van der Waals surface area contributed by atoms with Crippen LogP contribution in [0.5, 0.6) is 5.75 Å². The predicted octanol–water partition coefficient (Wildman–Crippen LogP) is 3.69. The normalized spacial score (nSPS) is 13.5. The molecule has 5 heteroatoms. The molecule has 0 fully saturated rings. The first-order valence-corrected chi connectivity index (χ1v) is 6.97. The van der Waals surface area contributed by atoms with Crippen LogP contribution in [0.1, 0.15) is 15.9 Å². The van der Waals surface area contributed by atoms with Gasteiger partial charge < -0.3 is 9.64 Å². The van der Waals surface area contributed by atoms with Gasteiger partial charge in [-0.05, 0) is 5.56 Å². The van der Waals surface area contributed by atoms with Gasteiger partial charge in [-0.25, -0.2) is 4.39 Å². The molecule has 0 aromatic heterocycles. The molecule has 1 heterocycles. The van der Waals surface area contributed by atoms with Crippen LogP contribution in [0.4, 0.5) is 10.1 Å². The Labute approximate surface area is 126 Å². The van der Waals surface area contributed by atoms with Crippen LogP contribution in [0.3, 0.4) is 0 Å². The Kier molecular flexibility index (Phi) is 3.80. The minimum absolute atomic E-state index is 0.0480. The minimum Gasteiger partial charge on any atom is -0.489 e. The number of carbonyl (C=O) groups is 1. The first-order chi connectivity index (χ1) is 10.2. The van der Waals surface area contributed by atoms with Gasteiger partial charge in [0.1, 0.15) is 12.4 Å². The van der Waals surface area contributed by atoms with Crippen molar-refractivity contribution in [2.45, 2.75) is 6.54 Å². The number of rotatable bonds is 3. The summed E-state index contributed by atoms with van der Waals surface area (Å²) in [5.41, 5.74) is 1.51. The van der Waals surface area contributed by atoms with Gasteiger partial charge >= 0.3 is 0 Å². The van der Waals surface area contributed by atoms with Gasteiger partial charge in [0.2, 0.25) is 0 Å². The molecule has 0 aliphatic carbocycles. The molecule has 0 atom stereocenters. The Balaban J connectivity index is 2.04. The van der Waals surface area contributed by atoms with E-state index in [1.807, 2.05) is 35.2 Å². The molecule has 0 saturated heterocycles. The lowest BCUT2D eigenvalue weighted by Crippen LogP contribution is -2.33. The van der Waals surface area contributed by atoms with Crippen LogP contribution in [-0.4, -0.2) is 19.4 Å². The highest BCUT2D eigenvalue weighted by Crippen LogP contribution is 2.39. The molecule has 0 bridgehead atoms. The molecule has 0 unspecified atom stereocenters. The Morgan fingerprint density at radius 1 is 1.33 bits per heavy atom. The average molecular weight is 306 g/mol. The fraction of sp³-hybridized carbons (Fsp3) is 0.188. The SMILES string of the molecule is O=Cc1c(F)c(Cl)cc2c1N(Cc1ccccc1)CCO2. The van der Waals surface area contributed by atoms with E-state index in [1.165, 1.54) is 6.07 Å². The summed E-state index contributed by atoms with van der Waals surface area (Å²) in [4.78, 5) is 13.2. The van der Waals surface area contributed by atoms with Crippen molar-refractivity contribution < 1.29 is 13.9 Å². The van der Waals surface area contributed by atoms with Crippen molar-refractivity contribution in [2.24, 2.45) is 0 Å². The van der Waals surface area contributed by atoms with Gasteiger partial charge in [-0.1, -0.05) is 41.9 Å². The van der Waals surface area contributed by atoms with Crippen LogP contribution in [0.25, 0.3) is 0 Å². The molecule has 0 N–H and O–H groups in total. The molecule has 3 nitrogen and oxygen atoms in total. The van der Waals surface area contributed by atoms with Crippen molar-refractivity contribution >= 4 is 23.6 Å². The van der Waals surface area contributed by atoms with E-state index in [0.717, 1.165) is 5.56 Å². The highest BCUT2D eigenvalue weighted by molar-refractivity contribution is 6.31. The van der Waals surface area contributed by atoms with Crippen molar-refractivity contribution in [3.05, 3.63) is 58.4 Å². The van der Waals surface area contributed by atoms with Crippen LogP contribution in [0.15, 0.2) is 36.4 Å². The highest BCUT2D eigenvalue weighted by atomic mass is 35.5. The molecule has 108 valence electrons. The van der Waals surface area contributed by atoms with Crippen LogP contribution in [0.2, 0.25) is 5.02 Å². The quantitative estimate of drug-likeness (QED) is 0.810. The lowest BCUT2D eigenvalue weighted by Gasteiger charge is -2.32. The fourth-order valence-electron chi connectivity index (χ4n) is 2.50. The van der Waals surface area contributed by atoms with E-state index in [0.29, 0.717) is 37.4 Å². The number of carbonyl (C=O) groups excluding carboxylic acids is 1. The maximum absolute atomic E-state index is 14.1. The molecule has 0 spiro atoms. The first kappa shape index (κ1) is 13.9. The maximum Gasteiger partial charge on any atom is 0.155 e. The number of aldehydes is 1. The minimum atomic E-state index is -0.700. The molecule has 2 aromatic rings. The number of anilines is 1. The van der Waals surface area contributed by atoms with Gasteiger partial charge in [-0.2, -0.15) is 0 Å². The van der Waals surface area contributed by atoms with E-state index in [4.69, 9.17) is 16.3 Å². The number of halogens is 2. The first-order valence-electron chi connectivity index (χ1n) is 6.59. The summed E-state index contributed by atoms with van der Waals surface area (Å²) in [6.45, 7) is 1.64. The molecule has 21 heavy (non-hydrogen) atoms. The predicted molar refractivity (Wildman–Crippen MR) is 79.8 cm³/mol. The lowest BCUT2D eigenvalue weighted by atomic mass is 10.1. The van der Waals surface area contributed by atoms with Gasteiger partial charge in [0.15, 0.2) is 12.1 Å². The van der Waals surface area contributed by atoms with Gasteiger partial charge in [0.05, 0.1) is 22.8 Å². The van der Waals surface area contributed by atoms with Crippen molar-refractivity contribution in [3.8, 4) is 5.75 Å². The number of ether oxygens (including phenoxy) is 1. The van der Waals surface area contributed by atoms with E-state index in [1.54, 1.807) is 0 Å². The van der Waals surface area contributed by atoms with Crippen LogP contribution in [0, 0.1) is 5.82 Å². The second-order valence-electron chi connectivity index (χ2n) is 4.81. The summed E-state index contributed by atoms with van der Waals surface area (Å²) in [5.74, 6) is -0.250. The number of nitrogens with zero attached hydrogens (tertiary/aromatic N) is 1. The summed E-state index contributed by atoms with van der Waals surface area (Å²) in [7, 11) is 0. The summed E-state index contributed by atoms with van der Waals surface area (Å²) in [6.07, 6.45) is 0.493. The van der Waals surface area contributed by atoms with E-state index in [-0.39, 0.29) is 10.6 Å². The number of benzene rings is 2. The standard InChI is InChI=1S/C16H13ClFNO2/c17-13-8-14-16(12(10-20)15(13)18)19(6-7-21-14)9-11-4-2-1-3-5-11/h1-5,8,10H,6-7,9H2. The second kappa shape index (κ2) is 5.74. The van der Waals surface area contributed by atoms with Crippen LogP contribution >= 0.6 is 11.6 Å². The largest absolute Gasteiger partial charge is 0.489 e. The van der Waals surface area contributed by atoms with Crippen molar-refractivity contribution in [1.29, 1.82) is 0 Å². The van der Waals surface area contributed by atoms with Crippen molar-refractivity contribution in [2.75, 3.05) is 18.1 Å². The fourth-order valence-corrected chi connectivity index (χ4v) is 2.70. The molecule has 2 aromatic carbocycles. The Hall–Kier alpha value is -2.07. The highest BCUT2D eigenvalue weighted by Gasteiger charge is 2.26. The molecule has 1 aliphatic rings. The van der Waals surface area contributed by atoms with E-state index in [2.05, 4.69) is 0 Å². The van der Waals surface area contributed by atoms with Crippen molar-refractivity contribution in [3.63, 3.8) is 0 Å². The third kappa shape index (κ3) is 2.59. The van der Waals surface area contributed by atoms with Gasteiger partial charge in [0.25, 0.3) is 0 Å². The summed E-state index contributed by atoms with van der Waals surface area (Å²) < 4.78 is 19.6. The Morgan fingerprint density at radius 3 is 2.81 bits per heavy atom. The molecule has 1 aliphatic heterocycles. The molecule has 3 rings (SSSR count).